The van der Waals surface area contributed by atoms with Gasteiger partial charge in [-0.3, -0.25) is 0 Å². The van der Waals surface area contributed by atoms with Gasteiger partial charge in [-0.05, 0) is 50.2 Å². The van der Waals surface area contributed by atoms with Crippen molar-refractivity contribution < 1.29 is 4.79 Å². The molecule has 1 saturated heterocycles. The van der Waals surface area contributed by atoms with Crippen molar-refractivity contribution in [1.82, 2.24) is 24.4 Å². The van der Waals surface area contributed by atoms with Crippen molar-refractivity contribution in [2.75, 3.05) is 26.7 Å². The molecule has 0 saturated carbocycles. The highest BCUT2D eigenvalue weighted by Gasteiger charge is 2.23. The molecule has 0 bridgehead atoms. The van der Waals surface area contributed by atoms with Gasteiger partial charge in [0.05, 0.1) is 42.2 Å². The molecule has 182 valence electrons. The van der Waals surface area contributed by atoms with E-state index >= 15 is 0 Å². The van der Waals surface area contributed by atoms with Crippen molar-refractivity contribution in [3.8, 4) is 11.4 Å². The number of hydrogen-bond acceptors (Lipinski definition) is 5. The maximum atomic E-state index is 12.2. The first-order chi connectivity index (χ1) is 16.9. The van der Waals surface area contributed by atoms with E-state index in [2.05, 4.69) is 26.9 Å². The first-order valence-corrected chi connectivity index (χ1v) is 12.0. The second-order valence-electron chi connectivity index (χ2n) is 8.87. The van der Waals surface area contributed by atoms with Crippen LogP contribution in [0.5, 0.6) is 0 Å². The lowest BCUT2D eigenvalue weighted by atomic mass is 10.0. The first kappa shape index (κ1) is 24.6. The van der Waals surface area contributed by atoms with Crippen molar-refractivity contribution in [3.63, 3.8) is 0 Å². The number of carbonyl (C=O) groups excluding carboxylic acids is 1. The number of hydrogen-bond donors (Lipinski definition) is 1. The van der Waals surface area contributed by atoms with Gasteiger partial charge in [-0.1, -0.05) is 18.0 Å². The van der Waals surface area contributed by atoms with Gasteiger partial charge in [-0.25, -0.2) is 26.3 Å². The number of amides is 2. The van der Waals surface area contributed by atoms with Crippen LogP contribution in [-0.2, 0) is 13.5 Å². The maximum absolute atomic E-state index is 12.2. The van der Waals surface area contributed by atoms with Gasteiger partial charge in [0.15, 0.2) is 0 Å². The second-order valence-corrected chi connectivity index (χ2v) is 9.28. The molecule has 2 aromatic heterocycles. The Hall–Kier alpha value is -3.48. The van der Waals surface area contributed by atoms with Crippen LogP contribution in [0.3, 0.4) is 0 Å². The summed E-state index contributed by atoms with van der Waals surface area (Å²) in [5, 5.41) is 7.24. The Bertz CT molecular complexity index is 1290. The molecule has 3 aromatic rings. The van der Waals surface area contributed by atoms with Crippen LogP contribution in [0.25, 0.3) is 27.1 Å². The van der Waals surface area contributed by atoms with Gasteiger partial charge in [0.25, 0.3) is 0 Å². The fourth-order valence-electron chi connectivity index (χ4n) is 4.43. The third-order valence-electron chi connectivity index (χ3n) is 6.48. The van der Waals surface area contributed by atoms with Crippen LogP contribution in [0.1, 0.15) is 30.4 Å². The number of nitrogens with zero attached hydrogens (tertiary/aromatic N) is 7. The highest BCUT2D eigenvalue weighted by molar-refractivity contribution is 6.32. The number of benzene rings is 1. The van der Waals surface area contributed by atoms with Gasteiger partial charge in [0.2, 0.25) is 6.54 Å². The lowest BCUT2D eigenvalue weighted by Gasteiger charge is -2.34. The summed E-state index contributed by atoms with van der Waals surface area (Å²) >= 11 is 6.52. The van der Waals surface area contributed by atoms with Crippen molar-refractivity contribution >= 4 is 34.7 Å². The topological polar surface area (TPSA) is 97.0 Å². The monoisotopic (exact) mass is 492 g/mol. The Labute approximate surface area is 210 Å². The van der Waals surface area contributed by atoms with Crippen molar-refractivity contribution in [1.29, 1.82) is 0 Å². The largest absolute Gasteiger partial charge is 0.350 e. The van der Waals surface area contributed by atoms with Crippen LogP contribution in [-0.4, -0.2) is 69.4 Å². The van der Waals surface area contributed by atoms with Gasteiger partial charge < -0.3 is 20.0 Å². The minimum absolute atomic E-state index is 0.214. The number of nitrogens with two attached hydrogens (primary N) is 1. The van der Waals surface area contributed by atoms with E-state index in [9.17, 15) is 4.79 Å². The van der Waals surface area contributed by atoms with Gasteiger partial charge in [-0.15, -0.1) is 0 Å². The maximum Gasteiger partial charge on any atom is 0.335 e. The van der Waals surface area contributed by atoms with Gasteiger partial charge in [-0.2, -0.15) is 5.10 Å². The summed E-state index contributed by atoms with van der Waals surface area (Å²) in [4.78, 5) is 26.9. The third kappa shape index (κ3) is 5.61. The molecule has 1 unspecified atom stereocenters. The number of aromatic nitrogens is 3. The lowest BCUT2D eigenvalue weighted by Crippen LogP contribution is -2.46. The normalized spacial score (nSPS) is 16.6. The van der Waals surface area contributed by atoms with Crippen LogP contribution in [0, 0.1) is 6.57 Å². The summed E-state index contributed by atoms with van der Waals surface area (Å²) in [5.41, 5.74) is 9.57. The number of urea groups is 1. The highest BCUT2D eigenvalue weighted by atomic mass is 35.5. The minimum Gasteiger partial charge on any atom is -0.350 e. The molecule has 10 heteroatoms. The molecule has 1 fully saturated rings. The minimum atomic E-state index is -0.591. The summed E-state index contributed by atoms with van der Waals surface area (Å²) in [5.74, 6) is 0. The zero-order chi connectivity index (χ0) is 24.9. The second kappa shape index (κ2) is 10.8. The van der Waals surface area contributed by atoms with Gasteiger partial charge in [0, 0.05) is 35.5 Å². The Morgan fingerprint density at radius 1 is 1.37 bits per heavy atom. The number of pyridine rings is 1. The molecule has 1 aliphatic rings. The highest BCUT2D eigenvalue weighted by Crippen LogP contribution is 2.29. The van der Waals surface area contributed by atoms with E-state index in [1.165, 1.54) is 5.01 Å². The summed E-state index contributed by atoms with van der Waals surface area (Å²) in [6, 6.07) is 5.31. The number of piperidine rings is 1. The van der Waals surface area contributed by atoms with E-state index in [0.29, 0.717) is 35.7 Å². The zero-order valence-electron chi connectivity index (χ0n) is 20.0. The predicted molar refractivity (Wildman–Crippen MR) is 138 cm³/mol. The predicted octanol–water partition coefficient (Wildman–Crippen LogP) is 3.95. The third-order valence-corrected chi connectivity index (χ3v) is 6.83. The zero-order valence-corrected chi connectivity index (χ0v) is 20.7. The van der Waals surface area contributed by atoms with E-state index in [0.717, 1.165) is 48.0 Å². The molecule has 2 N–H and O–H groups in total. The van der Waals surface area contributed by atoms with Crippen molar-refractivity contribution in [3.05, 3.63) is 58.3 Å². The molecule has 9 nitrogen and oxygen atoms in total. The van der Waals surface area contributed by atoms with Crippen molar-refractivity contribution in [2.45, 2.75) is 31.7 Å². The number of hydrazone groups is 1. The SMILES string of the molecule is [C-]#[N+]CCc1cc2c(C=NN(CC3CCCCN3C)C(N)=O)cc(-c3cncn3C)nc2cc1Cl. The molecule has 2 amide bonds. The average Bonchev–Trinajstić information content (AvgIpc) is 3.26. The van der Waals surface area contributed by atoms with E-state index < -0.39 is 6.03 Å². The number of primary amides is 1. The standard InChI is InChI=1S/C25H29ClN8O/c1-28-8-7-17-10-20-18(13-30-34(25(27)35)15-19-6-4-5-9-32(19)2)11-23(24-14-29-16-33(24)3)31-22(20)12-21(17)26/h10-14,16,19H,4-9,15H2,2-3H3,(H2,27,35). The van der Waals surface area contributed by atoms with Crippen molar-refractivity contribution in [2.24, 2.45) is 17.9 Å². The fraction of sp³-hybridized carbons (Fsp3) is 0.400. The summed E-state index contributed by atoms with van der Waals surface area (Å²) < 4.78 is 1.88. The van der Waals surface area contributed by atoms with E-state index in [1.807, 2.05) is 29.8 Å². The average molecular weight is 493 g/mol. The number of rotatable bonds is 7. The molecule has 1 aromatic carbocycles. The Balaban J connectivity index is 1.76. The molecule has 1 atom stereocenters. The molecule has 3 heterocycles. The lowest BCUT2D eigenvalue weighted by molar-refractivity contribution is 0.139. The van der Waals surface area contributed by atoms with Crippen LogP contribution in [0.4, 0.5) is 4.79 Å². The number of halogens is 1. The smallest absolute Gasteiger partial charge is 0.335 e. The molecular formula is C25H29ClN8O. The summed E-state index contributed by atoms with van der Waals surface area (Å²) in [6.07, 6.45) is 8.94. The Kier molecular flexibility index (Phi) is 7.63. The quantitative estimate of drug-likeness (QED) is 0.307. The van der Waals surface area contributed by atoms with Crippen LogP contribution >= 0.6 is 11.6 Å². The number of aryl methyl sites for hydroxylation is 1. The number of likely N-dealkylation sites (N-methyl/N-ethyl adjacent to an activating group) is 1. The molecule has 1 aliphatic heterocycles. The number of fused-ring (bicyclic) bond motifs is 1. The van der Waals surface area contributed by atoms with Crippen LogP contribution in [0.2, 0.25) is 5.02 Å². The molecule has 4 rings (SSSR count). The molecule has 0 radical (unpaired) electrons. The molecule has 0 spiro atoms. The Morgan fingerprint density at radius 3 is 2.89 bits per heavy atom. The number of carbonyl (C=O) groups is 1. The molecule has 0 aliphatic carbocycles. The van der Waals surface area contributed by atoms with Gasteiger partial charge >= 0.3 is 6.03 Å². The number of imidazole rings is 1. The summed E-state index contributed by atoms with van der Waals surface area (Å²) in [6.45, 7) is 8.89. The fourth-order valence-corrected chi connectivity index (χ4v) is 4.68. The van der Waals surface area contributed by atoms with Crippen LogP contribution in [0.15, 0.2) is 35.8 Å². The molecular weight excluding hydrogens is 464 g/mol. The first-order valence-electron chi connectivity index (χ1n) is 11.6. The molecule has 35 heavy (non-hydrogen) atoms. The van der Waals surface area contributed by atoms with Crippen LogP contribution < -0.4 is 5.73 Å². The van der Waals surface area contributed by atoms with E-state index in [1.54, 1.807) is 18.7 Å². The Morgan fingerprint density at radius 2 is 2.20 bits per heavy atom. The number of likely N-dealkylation sites (tertiary alicyclic amines) is 1. The summed E-state index contributed by atoms with van der Waals surface area (Å²) in [7, 11) is 3.97. The van der Waals surface area contributed by atoms with Gasteiger partial charge in [0.1, 0.15) is 0 Å². The van der Waals surface area contributed by atoms with E-state index in [4.69, 9.17) is 28.9 Å². The van der Waals surface area contributed by atoms with E-state index in [-0.39, 0.29) is 6.04 Å².